The molecule has 66 valence electrons. The normalized spacial score (nSPS) is 11.8. The summed E-state index contributed by atoms with van der Waals surface area (Å²) in [5.74, 6) is 0. The molecular formula is C6H3ClF3NS. The molecule has 0 aliphatic rings. The standard InChI is InChI=1S/C6H3ClF3NS/c7-4-3(12)1-2-11-5(4)6(8,9)10/h1-2H,(H,11,12). The average molecular weight is 214 g/mol. The number of rotatable bonds is 0. The highest BCUT2D eigenvalue weighted by atomic mass is 35.5. The first-order chi connectivity index (χ1) is 5.43. The first-order valence-corrected chi connectivity index (χ1v) is 3.66. The molecular weight excluding hydrogens is 211 g/mol. The highest BCUT2D eigenvalue weighted by Crippen LogP contribution is 2.35. The Balaban J connectivity index is 3.26. The third kappa shape index (κ3) is 1.84. The Morgan fingerprint density at radius 3 is 2.42 bits per heavy atom. The highest BCUT2D eigenvalue weighted by molar-refractivity contribution is 7.80. The molecule has 0 radical (unpaired) electrons. The quantitative estimate of drug-likeness (QED) is 0.654. The summed E-state index contributed by atoms with van der Waals surface area (Å²) < 4.78 is 36.1. The molecule has 0 atom stereocenters. The molecule has 1 aromatic heterocycles. The number of pyridine rings is 1. The molecule has 0 aromatic carbocycles. The van der Waals surface area contributed by atoms with E-state index in [1.807, 2.05) is 0 Å². The third-order valence-electron chi connectivity index (χ3n) is 1.14. The molecule has 1 rings (SSSR count). The Bertz CT molecular complexity index is 299. The van der Waals surface area contributed by atoms with Crippen molar-refractivity contribution in [1.29, 1.82) is 0 Å². The van der Waals surface area contributed by atoms with E-state index in [4.69, 9.17) is 11.6 Å². The maximum Gasteiger partial charge on any atom is 0.434 e. The number of thiol groups is 1. The van der Waals surface area contributed by atoms with Crippen LogP contribution in [0.5, 0.6) is 0 Å². The van der Waals surface area contributed by atoms with Gasteiger partial charge in [-0.2, -0.15) is 13.2 Å². The van der Waals surface area contributed by atoms with Crippen molar-refractivity contribution in [3.8, 4) is 0 Å². The van der Waals surface area contributed by atoms with Crippen LogP contribution in [0.1, 0.15) is 5.69 Å². The van der Waals surface area contributed by atoms with E-state index in [1.165, 1.54) is 6.07 Å². The van der Waals surface area contributed by atoms with Gasteiger partial charge in [0.1, 0.15) is 0 Å². The van der Waals surface area contributed by atoms with Crippen molar-refractivity contribution < 1.29 is 13.2 Å². The fraction of sp³-hybridized carbons (Fsp3) is 0.167. The summed E-state index contributed by atoms with van der Waals surface area (Å²) in [5.41, 5.74) is -1.10. The van der Waals surface area contributed by atoms with Crippen molar-refractivity contribution >= 4 is 24.2 Å². The van der Waals surface area contributed by atoms with Crippen LogP contribution in [-0.2, 0) is 6.18 Å². The SMILES string of the molecule is FC(F)(F)c1nccc(S)c1Cl. The molecule has 0 aliphatic heterocycles. The number of aromatic nitrogens is 1. The summed E-state index contributed by atoms with van der Waals surface area (Å²) in [6.45, 7) is 0. The topological polar surface area (TPSA) is 12.9 Å². The Labute approximate surface area is 77.0 Å². The van der Waals surface area contributed by atoms with Gasteiger partial charge in [0.05, 0.1) is 5.02 Å². The highest BCUT2D eigenvalue weighted by Gasteiger charge is 2.35. The molecule has 1 heterocycles. The predicted octanol–water partition coefficient (Wildman–Crippen LogP) is 3.04. The molecule has 0 unspecified atom stereocenters. The Morgan fingerprint density at radius 1 is 1.42 bits per heavy atom. The van der Waals surface area contributed by atoms with Gasteiger partial charge in [-0.3, -0.25) is 4.98 Å². The largest absolute Gasteiger partial charge is 0.434 e. The Hall–Kier alpha value is -0.420. The van der Waals surface area contributed by atoms with Gasteiger partial charge >= 0.3 is 6.18 Å². The fourth-order valence-corrected chi connectivity index (χ4v) is 1.02. The van der Waals surface area contributed by atoms with Crippen molar-refractivity contribution in [2.24, 2.45) is 0 Å². The van der Waals surface area contributed by atoms with E-state index in [0.29, 0.717) is 0 Å². The van der Waals surface area contributed by atoms with Crippen LogP contribution in [0.25, 0.3) is 0 Å². The van der Waals surface area contributed by atoms with E-state index < -0.39 is 16.9 Å². The van der Waals surface area contributed by atoms with Crippen LogP contribution in [0.2, 0.25) is 5.02 Å². The van der Waals surface area contributed by atoms with Crippen LogP contribution in [0.4, 0.5) is 13.2 Å². The van der Waals surface area contributed by atoms with Gasteiger partial charge in [0.15, 0.2) is 5.69 Å². The maximum atomic E-state index is 12.0. The van der Waals surface area contributed by atoms with E-state index in [1.54, 1.807) is 0 Å². The lowest BCUT2D eigenvalue weighted by Crippen LogP contribution is -2.08. The Kier molecular flexibility index (Phi) is 2.53. The molecule has 1 aromatic rings. The summed E-state index contributed by atoms with van der Waals surface area (Å²) >= 11 is 9.05. The second kappa shape index (κ2) is 3.14. The van der Waals surface area contributed by atoms with Crippen LogP contribution < -0.4 is 0 Å². The van der Waals surface area contributed by atoms with Gasteiger partial charge < -0.3 is 0 Å². The average Bonchev–Trinajstić information content (AvgIpc) is 1.92. The minimum absolute atomic E-state index is 0.0685. The molecule has 12 heavy (non-hydrogen) atoms. The van der Waals surface area contributed by atoms with E-state index in [2.05, 4.69) is 17.6 Å². The zero-order valence-corrected chi connectivity index (χ0v) is 7.21. The molecule has 6 heteroatoms. The fourth-order valence-electron chi connectivity index (χ4n) is 0.631. The molecule has 0 spiro atoms. The van der Waals surface area contributed by atoms with E-state index >= 15 is 0 Å². The summed E-state index contributed by atoms with van der Waals surface area (Å²) in [6, 6.07) is 1.29. The molecule has 1 nitrogen and oxygen atoms in total. The van der Waals surface area contributed by atoms with Crippen molar-refractivity contribution in [3.63, 3.8) is 0 Å². The first-order valence-electron chi connectivity index (χ1n) is 2.83. The zero-order chi connectivity index (χ0) is 9.35. The lowest BCUT2D eigenvalue weighted by atomic mass is 10.3. The smallest absolute Gasteiger partial charge is 0.250 e. The summed E-state index contributed by atoms with van der Waals surface area (Å²) in [7, 11) is 0. The monoisotopic (exact) mass is 213 g/mol. The molecule has 0 aliphatic carbocycles. The predicted molar refractivity (Wildman–Crippen MR) is 41.5 cm³/mol. The van der Waals surface area contributed by atoms with Gasteiger partial charge in [-0.25, -0.2) is 0 Å². The second-order valence-electron chi connectivity index (χ2n) is 1.99. The van der Waals surface area contributed by atoms with Gasteiger partial charge in [-0.15, -0.1) is 12.6 Å². The number of alkyl halides is 3. The third-order valence-corrected chi connectivity index (χ3v) is 2.02. The minimum Gasteiger partial charge on any atom is -0.250 e. The van der Waals surface area contributed by atoms with Crippen LogP contribution >= 0.6 is 24.2 Å². The van der Waals surface area contributed by atoms with E-state index in [9.17, 15) is 13.2 Å². The van der Waals surface area contributed by atoms with E-state index in [-0.39, 0.29) is 4.90 Å². The number of hydrogen-bond acceptors (Lipinski definition) is 2. The maximum absolute atomic E-state index is 12.0. The minimum atomic E-state index is -4.52. The lowest BCUT2D eigenvalue weighted by Gasteiger charge is -2.07. The van der Waals surface area contributed by atoms with Crippen molar-refractivity contribution in [2.75, 3.05) is 0 Å². The molecule has 0 saturated carbocycles. The summed E-state index contributed by atoms with van der Waals surface area (Å²) in [5, 5.41) is -0.465. The number of hydrogen-bond donors (Lipinski definition) is 1. The van der Waals surface area contributed by atoms with Gasteiger partial charge in [-0.1, -0.05) is 11.6 Å². The van der Waals surface area contributed by atoms with Gasteiger partial charge in [-0.05, 0) is 6.07 Å². The number of nitrogens with zero attached hydrogens (tertiary/aromatic N) is 1. The van der Waals surface area contributed by atoms with Gasteiger partial charge in [0, 0.05) is 11.1 Å². The zero-order valence-electron chi connectivity index (χ0n) is 5.56. The summed E-state index contributed by atoms with van der Waals surface area (Å²) in [4.78, 5) is 3.17. The van der Waals surface area contributed by atoms with Crippen LogP contribution in [0.3, 0.4) is 0 Å². The van der Waals surface area contributed by atoms with Crippen LogP contribution in [-0.4, -0.2) is 4.98 Å². The molecule has 0 N–H and O–H groups in total. The van der Waals surface area contributed by atoms with Gasteiger partial charge in [0.25, 0.3) is 0 Å². The molecule has 0 saturated heterocycles. The van der Waals surface area contributed by atoms with Crippen LogP contribution in [0, 0.1) is 0 Å². The van der Waals surface area contributed by atoms with Gasteiger partial charge in [0.2, 0.25) is 0 Å². The molecule has 0 amide bonds. The molecule has 0 fully saturated rings. The number of halogens is 4. The van der Waals surface area contributed by atoms with Crippen molar-refractivity contribution in [2.45, 2.75) is 11.1 Å². The molecule has 0 bridgehead atoms. The second-order valence-corrected chi connectivity index (χ2v) is 2.85. The summed E-state index contributed by atoms with van der Waals surface area (Å²) in [6.07, 6.45) is -3.51. The van der Waals surface area contributed by atoms with E-state index in [0.717, 1.165) is 6.20 Å². The lowest BCUT2D eigenvalue weighted by molar-refractivity contribution is -0.141. The Morgan fingerprint density at radius 2 is 2.00 bits per heavy atom. The van der Waals surface area contributed by atoms with Crippen molar-refractivity contribution in [3.05, 3.63) is 23.0 Å². The van der Waals surface area contributed by atoms with Crippen molar-refractivity contribution in [1.82, 2.24) is 4.98 Å². The van der Waals surface area contributed by atoms with Crippen LogP contribution in [0.15, 0.2) is 17.2 Å². The first kappa shape index (κ1) is 9.67.